The Morgan fingerprint density at radius 2 is 2.05 bits per heavy atom. The fraction of sp³-hybridized carbons (Fsp3) is 0.538. The van der Waals surface area contributed by atoms with E-state index >= 15 is 0 Å². The molecule has 6 nitrogen and oxygen atoms in total. The lowest BCUT2D eigenvalue weighted by atomic mass is 9.78. The minimum Gasteiger partial charge on any atom is -0.465 e. The number of rotatable bonds is 6. The van der Waals surface area contributed by atoms with Gasteiger partial charge in [0.2, 0.25) is 0 Å². The number of carbonyl (C=O) groups is 1. The molecule has 0 aliphatic carbocycles. The van der Waals surface area contributed by atoms with E-state index in [1.54, 1.807) is 20.8 Å². The van der Waals surface area contributed by atoms with Gasteiger partial charge in [0.05, 0.1) is 11.5 Å². The van der Waals surface area contributed by atoms with Crippen molar-refractivity contribution in [1.29, 1.82) is 0 Å². The zero-order valence-electron chi connectivity index (χ0n) is 11.4. The van der Waals surface area contributed by atoms with Crippen molar-refractivity contribution in [3.63, 3.8) is 0 Å². The normalized spacial score (nSPS) is 11.1. The van der Waals surface area contributed by atoms with Crippen molar-refractivity contribution in [2.75, 3.05) is 6.61 Å². The van der Waals surface area contributed by atoms with E-state index in [4.69, 9.17) is 4.74 Å². The third-order valence-electron chi connectivity index (χ3n) is 3.31. The van der Waals surface area contributed by atoms with Crippen LogP contribution in [0.15, 0.2) is 18.3 Å². The second-order valence-corrected chi connectivity index (χ2v) is 4.14. The molecule has 19 heavy (non-hydrogen) atoms. The van der Waals surface area contributed by atoms with Crippen molar-refractivity contribution >= 4 is 11.7 Å². The van der Waals surface area contributed by atoms with Gasteiger partial charge in [0.15, 0.2) is 0 Å². The van der Waals surface area contributed by atoms with Crippen LogP contribution in [-0.4, -0.2) is 22.5 Å². The van der Waals surface area contributed by atoms with E-state index in [0.29, 0.717) is 12.8 Å². The molecule has 0 aliphatic rings. The predicted octanol–water partition coefficient (Wildman–Crippen LogP) is 2.61. The van der Waals surface area contributed by atoms with Crippen LogP contribution in [0.1, 0.15) is 39.3 Å². The smallest absolute Gasteiger partial charge is 0.318 e. The van der Waals surface area contributed by atoms with Gasteiger partial charge in [0.25, 0.3) is 5.69 Å². The van der Waals surface area contributed by atoms with Crippen LogP contribution in [0.4, 0.5) is 5.69 Å². The molecule has 0 aromatic carbocycles. The molecule has 0 spiro atoms. The van der Waals surface area contributed by atoms with Crippen LogP contribution < -0.4 is 0 Å². The zero-order chi connectivity index (χ0) is 14.5. The fourth-order valence-electron chi connectivity index (χ4n) is 2.15. The van der Waals surface area contributed by atoms with Crippen molar-refractivity contribution in [2.45, 2.75) is 39.0 Å². The van der Waals surface area contributed by atoms with Crippen LogP contribution in [0.5, 0.6) is 0 Å². The maximum Gasteiger partial charge on any atom is 0.318 e. The summed E-state index contributed by atoms with van der Waals surface area (Å²) in [5.74, 6) is -0.457. The van der Waals surface area contributed by atoms with Crippen molar-refractivity contribution in [3.8, 4) is 0 Å². The van der Waals surface area contributed by atoms with Gasteiger partial charge in [-0.1, -0.05) is 13.8 Å². The molecule has 0 radical (unpaired) electrons. The maximum absolute atomic E-state index is 12.2. The number of carbonyl (C=O) groups excluding carboxylic acids is 1. The first-order valence-electron chi connectivity index (χ1n) is 6.30. The molecule has 0 saturated heterocycles. The molecule has 0 unspecified atom stereocenters. The second-order valence-electron chi connectivity index (χ2n) is 4.14. The van der Waals surface area contributed by atoms with Crippen LogP contribution >= 0.6 is 0 Å². The number of pyridine rings is 1. The summed E-state index contributed by atoms with van der Waals surface area (Å²) in [5, 5.41) is 11.1. The van der Waals surface area contributed by atoms with E-state index in [-0.39, 0.29) is 18.0 Å². The summed E-state index contributed by atoms with van der Waals surface area (Å²) >= 11 is 0. The van der Waals surface area contributed by atoms with Crippen molar-refractivity contribution in [2.24, 2.45) is 0 Å². The van der Waals surface area contributed by atoms with E-state index in [0.717, 1.165) is 0 Å². The van der Waals surface area contributed by atoms with E-state index in [9.17, 15) is 14.9 Å². The lowest BCUT2D eigenvalue weighted by Crippen LogP contribution is -2.38. The average Bonchev–Trinajstić information content (AvgIpc) is 2.41. The van der Waals surface area contributed by atoms with Gasteiger partial charge in [-0.25, -0.2) is 0 Å². The second kappa shape index (κ2) is 6.26. The minimum atomic E-state index is -1.06. The molecule has 104 valence electrons. The van der Waals surface area contributed by atoms with E-state index in [2.05, 4.69) is 4.98 Å². The SMILES string of the molecule is CCOC(=O)C(CC)(CC)c1ncccc1[N+](=O)[O-]. The van der Waals surface area contributed by atoms with Crippen LogP contribution in [0.3, 0.4) is 0 Å². The van der Waals surface area contributed by atoms with Crippen LogP contribution in [0, 0.1) is 10.1 Å². The van der Waals surface area contributed by atoms with Crippen LogP contribution in [-0.2, 0) is 14.9 Å². The molecule has 0 aliphatic heterocycles. The number of nitrogens with zero attached hydrogens (tertiary/aromatic N) is 2. The molecular formula is C13H18N2O4. The van der Waals surface area contributed by atoms with Gasteiger partial charge in [0.1, 0.15) is 11.1 Å². The Morgan fingerprint density at radius 1 is 1.42 bits per heavy atom. The van der Waals surface area contributed by atoms with Crippen LogP contribution in [0.2, 0.25) is 0 Å². The number of hydrogen-bond acceptors (Lipinski definition) is 5. The molecule has 0 atom stereocenters. The maximum atomic E-state index is 12.2. The van der Waals surface area contributed by atoms with Gasteiger partial charge in [0, 0.05) is 12.3 Å². The monoisotopic (exact) mass is 266 g/mol. The quantitative estimate of drug-likeness (QED) is 0.449. The van der Waals surface area contributed by atoms with Gasteiger partial charge in [-0.15, -0.1) is 0 Å². The highest BCUT2D eigenvalue weighted by Gasteiger charge is 2.44. The standard InChI is InChI=1S/C13H18N2O4/c1-4-13(5-2,12(16)19-6-3)11-10(15(17)18)8-7-9-14-11/h7-9H,4-6H2,1-3H3. The zero-order valence-corrected chi connectivity index (χ0v) is 11.4. The third-order valence-corrected chi connectivity index (χ3v) is 3.31. The highest BCUT2D eigenvalue weighted by atomic mass is 16.6. The summed E-state index contributed by atoms with van der Waals surface area (Å²) in [6.45, 7) is 5.56. The largest absolute Gasteiger partial charge is 0.465 e. The van der Waals surface area contributed by atoms with Crippen molar-refractivity contribution in [3.05, 3.63) is 34.1 Å². The first-order valence-corrected chi connectivity index (χ1v) is 6.30. The number of ether oxygens (including phenoxy) is 1. The highest BCUT2D eigenvalue weighted by Crippen LogP contribution is 2.36. The first-order chi connectivity index (χ1) is 9.03. The summed E-state index contributed by atoms with van der Waals surface area (Å²) in [5.41, 5.74) is -1.01. The number of aromatic nitrogens is 1. The van der Waals surface area contributed by atoms with Crippen molar-refractivity contribution in [1.82, 2.24) is 4.98 Å². The lowest BCUT2D eigenvalue weighted by Gasteiger charge is -2.27. The highest BCUT2D eigenvalue weighted by molar-refractivity contribution is 5.83. The third kappa shape index (κ3) is 2.72. The van der Waals surface area contributed by atoms with Gasteiger partial charge < -0.3 is 4.74 Å². The number of hydrogen-bond donors (Lipinski definition) is 0. The van der Waals surface area contributed by atoms with E-state index in [1.807, 2.05) is 0 Å². The summed E-state index contributed by atoms with van der Waals surface area (Å²) < 4.78 is 5.08. The molecular weight excluding hydrogens is 248 g/mol. The Labute approximate surface area is 111 Å². The summed E-state index contributed by atoms with van der Waals surface area (Å²) in [7, 11) is 0. The van der Waals surface area contributed by atoms with Gasteiger partial charge in [-0.2, -0.15) is 0 Å². The first kappa shape index (κ1) is 15.1. The van der Waals surface area contributed by atoms with Crippen LogP contribution in [0.25, 0.3) is 0 Å². The molecule has 0 N–H and O–H groups in total. The molecule has 1 heterocycles. The molecule has 0 amide bonds. The lowest BCUT2D eigenvalue weighted by molar-refractivity contribution is -0.386. The average molecular weight is 266 g/mol. The van der Waals surface area contributed by atoms with Gasteiger partial charge in [-0.05, 0) is 25.8 Å². The van der Waals surface area contributed by atoms with Crippen molar-refractivity contribution < 1.29 is 14.5 Å². The fourth-order valence-corrected chi connectivity index (χ4v) is 2.15. The van der Waals surface area contributed by atoms with Gasteiger partial charge >= 0.3 is 5.97 Å². The predicted molar refractivity (Wildman–Crippen MR) is 69.8 cm³/mol. The molecule has 0 saturated carbocycles. The minimum absolute atomic E-state index is 0.140. The Kier molecular flexibility index (Phi) is 4.97. The molecule has 0 fully saturated rings. The molecule has 1 rings (SSSR count). The summed E-state index contributed by atoms with van der Waals surface area (Å²) in [6.07, 6.45) is 2.27. The topological polar surface area (TPSA) is 82.3 Å². The Hall–Kier alpha value is -1.98. The molecule has 0 bridgehead atoms. The van der Waals surface area contributed by atoms with E-state index < -0.39 is 16.3 Å². The molecule has 1 aromatic heterocycles. The molecule has 1 aromatic rings. The Bertz CT molecular complexity index is 469. The van der Waals surface area contributed by atoms with E-state index in [1.165, 1.54) is 18.3 Å². The molecule has 6 heteroatoms. The number of nitro groups is 1. The Morgan fingerprint density at radius 3 is 2.53 bits per heavy atom. The summed E-state index contributed by atoms with van der Waals surface area (Å²) in [4.78, 5) is 26.9. The van der Waals surface area contributed by atoms with Gasteiger partial charge in [-0.3, -0.25) is 19.9 Å². The number of esters is 1. The summed E-state index contributed by atoms with van der Waals surface area (Å²) in [6, 6.07) is 2.85. The Balaban J connectivity index is 3.42.